The highest BCUT2D eigenvalue weighted by molar-refractivity contribution is 7.91. The number of hydrogen-bond acceptors (Lipinski definition) is 6. The number of alkyl halides is 3. The lowest BCUT2D eigenvalue weighted by Gasteiger charge is -2.35. The highest BCUT2D eigenvalue weighted by Crippen LogP contribution is 2.38. The van der Waals surface area contributed by atoms with Gasteiger partial charge in [-0.25, -0.2) is 17.9 Å². The molecule has 5 rings (SSSR count). The fourth-order valence-corrected chi connectivity index (χ4v) is 6.64. The number of sulfone groups is 1. The molecule has 0 unspecified atom stereocenters. The SMILES string of the molecule is CNC(=O)C1(NC(=O)c2cnn3c(-c4ccc(C(F)(F)F)cc4)c(-c4ccccc4Cl)cnc23)CCS(=O)(=O)CC1. The van der Waals surface area contributed by atoms with Crippen LogP contribution < -0.4 is 10.6 Å². The Bertz CT molecular complexity index is 1760. The van der Waals surface area contributed by atoms with E-state index in [2.05, 4.69) is 20.7 Å². The number of carbonyl (C=O) groups excluding carboxylic acids is 2. The van der Waals surface area contributed by atoms with Crippen LogP contribution in [0.25, 0.3) is 28.0 Å². The average molecular weight is 606 g/mol. The fourth-order valence-electron chi connectivity index (χ4n) is 4.88. The second kappa shape index (κ2) is 10.5. The van der Waals surface area contributed by atoms with E-state index in [1.165, 1.54) is 36.1 Å². The van der Waals surface area contributed by atoms with Gasteiger partial charge >= 0.3 is 6.18 Å². The number of nitrogens with zero attached hydrogens (tertiary/aromatic N) is 3. The maximum atomic E-state index is 13.5. The number of rotatable bonds is 5. The Hall–Kier alpha value is -3.97. The van der Waals surface area contributed by atoms with E-state index >= 15 is 0 Å². The van der Waals surface area contributed by atoms with Crippen LogP contribution in [-0.4, -0.2) is 58.9 Å². The highest BCUT2D eigenvalue weighted by atomic mass is 35.5. The Labute approximate surface area is 237 Å². The molecule has 0 saturated carbocycles. The first-order valence-electron chi connectivity index (χ1n) is 12.4. The number of carbonyl (C=O) groups is 2. The molecule has 1 aliphatic heterocycles. The van der Waals surface area contributed by atoms with E-state index in [0.717, 1.165) is 12.1 Å². The van der Waals surface area contributed by atoms with Crippen LogP contribution in [0.1, 0.15) is 28.8 Å². The molecule has 1 aliphatic rings. The second-order valence-corrected chi connectivity index (χ2v) is 12.3. The van der Waals surface area contributed by atoms with Crippen LogP contribution in [0, 0.1) is 0 Å². The molecule has 0 atom stereocenters. The average Bonchev–Trinajstić information content (AvgIpc) is 3.38. The van der Waals surface area contributed by atoms with Gasteiger partial charge in [-0.05, 0) is 31.0 Å². The molecule has 214 valence electrons. The van der Waals surface area contributed by atoms with Crippen LogP contribution in [0.5, 0.6) is 0 Å². The molecule has 0 aliphatic carbocycles. The van der Waals surface area contributed by atoms with Crippen molar-refractivity contribution in [3.63, 3.8) is 0 Å². The van der Waals surface area contributed by atoms with E-state index in [0.29, 0.717) is 27.4 Å². The van der Waals surface area contributed by atoms with Gasteiger partial charge < -0.3 is 10.6 Å². The first-order valence-corrected chi connectivity index (χ1v) is 14.6. The topological polar surface area (TPSA) is 123 Å². The number of likely N-dealkylation sites (N-methyl/N-ethyl adjacent to an activating group) is 1. The molecule has 9 nitrogen and oxygen atoms in total. The summed E-state index contributed by atoms with van der Waals surface area (Å²) in [4.78, 5) is 30.7. The minimum Gasteiger partial charge on any atom is -0.357 e. The molecule has 0 radical (unpaired) electrons. The van der Waals surface area contributed by atoms with Gasteiger partial charge in [0.25, 0.3) is 5.91 Å². The zero-order chi connectivity index (χ0) is 29.6. The summed E-state index contributed by atoms with van der Waals surface area (Å²) in [5.74, 6) is -1.78. The number of halogens is 4. The van der Waals surface area contributed by atoms with Crippen LogP contribution in [0.3, 0.4) is 0 Å². The smallest absolute Gasteiger partial charge is 0.357 e. The Morgan fingerprint density at radius 3 is 2.27 bits per heavy atom. The maximum absolute atomic E-state index is 13.5. The number of hydrogen-bond donors (Lipinski definition) is 2. The summed E-state index contributed by atoms with van der Waals surface area (Å²) in [5.41, 5.74) is -0.543. The van der Waals surface area contributed by atoms with Crippen molar-refractivity contribution in [2.75, 3.05) is 18.6 Å². The van der Waals surface area contributed by atoms with E-state index in [4.69, 9.17) is 11.6 Å². The molecule has 2 aromatic heterocycles. The second-order valence-electron chi connectivity index (χ2n) is 9.64. The monoisotopic (exact) mass is 605 g/mol. The number of amides is 2. The summed E-state index contributed by atoms with van der Waals surface area (Å²) in [6, 6.07) is 11.3. The van der Waals surface area contributed by atoms with Crippen molar-refractivity contribution in [3.8, 4) is 22.4 Å². The fraction of sp³-hybridized carbons (Fsp3) is 0.259. The summed E-state index contributed by atoms with van der Waals surface area (Å²) in [6.07, 6.45) is -2.07. The van der Waals surface area contributed by atoms with Gasteiger partial charge in [0.1, 0.15) is 11.1 Å². The quantitative estimate of drug-likeness (QED) is 0.352. The predicted octanol–water partition coefficient (Wildman–Crippen LogP) is 4.16. The lowest BCUT2D eigenvalue weighted by molar-refractivity contribution is -0.137. The summed E-state index contributed by atoms with van der Waals surface area (Å²) in [5, 5.41) is 9.89. The van der Waals surface area contributed by atoms with Gasteiger partial charge in [0, 0.05) is 35.0 Å². The van der Waals surface area contributed by atoms with E-state index in [1.54, 1.807) is 24.3 Å². The van der Waals surface area contributed by atoms with E-state index < -0.39 is 38.9 Å². The number of fused-ring (bicyclic) bond motifs is 1. The summed E-state index contributed by atoms with van der Waals surface area (Å²) >= 11 is 6.45. The van der Waals surface area contributed by atoms with Crippen LogP contribution in [0.15, 0.2) is 60.9 Å². The van der Waals surface area contributed by atoms with E-state index in [1.807, 2.05) is 0 Å². The van der Waals surface area contributed by atoms with Gasteiger partial charge in [0.2, 0.25) is 5.91 Å². The van der Waals surface area contributed by atoms with Gasteiger partial charge in [-0.15, -0.1) is 0 Å². The van der Waals surface area contributed by atoms with Crippen molar-refractivity contribution < 1.29 is 31.2 Å². The normalized spacial score (nSPS) is 16.3. The van der Waals surface area contributed by atoms with Crippen LogP contribution >= 0.6 is 11.6 Å². The Kier molecular flexibility index (Phi) is 7.28. The Morgan fingerprint density at radius 2 is 1.66 bits per heavy atom. The van der Waals surface area contributed by atoms with Crippen molar-refractivity contribution in [2.24, 2.45) is 0 Å². The lowest BCUT2D eigenvalue weighted by Crippen LogP contribution is -2.61. The van der Waals surface area contributed by atoms with Crippen LogP contribution in [0.4, 0.5) is 13.2 Å². The lowest BCUT2D eigenvalue weighted by atomic mass is 9.90. The minimum atomic E-state index is -4.53. The predicted molar refractivity (Wildman–Crippen MR) is 146 cm³/mol. The van der Waals surface area contributed by atoms with Crippen LogP contribution in [0.2, 0.25) is 5.02 Å². The van der Waals surface area contributed by atoms with Gasteiger partial charge in [-0.3, -0.25) is 9.59 Å². The zero-order valence-corrected chi connectivity index (χ0v) is 23.1. The molecule has 41 heavy (non-hydrogen) atoms. The molecule has 0 spiro atoms. The molecule has 4 aromatic rings. The van der Waals surface area contributed by atoms with Crippen molar-refractivity contribution >= 4 is 38.9 Å². The van der Waals surface area contributed by atoms with E-state index in [9.17, 15) is 31.2 Å². The molecule has 2 N–H and O–H groups in total. The van der Waals surface area contributed by atoms with Gasteiger partial charge in [0.05, 0.1) is 29.0 Å². The van der Waals surface area contributed by atoms with Gasteiger partial charge in [-0.2, -0.15) is 18.3 Å². The summed E-state index contributed by atoms with van der Waals surface area (Å²) in [6.45, 7) is 0. The standard InChI is InChI=1S/C27H23ClF3N5O4S/c1-32-25(38)26(10-12-41(39,40)13-11-26)35-24(37)20-15-34-36-22(16-6-8-17(9-7-16)27(29,30)31)19(14-33-23(20)36)18-4-2-3-5-21(18)28/h2-9,14-15H,10-13H2,1H3,(H,32,38)(H,35,37). The molecule has 1 fully saturated rings. The number of nitrogens with one attached hydrogen (secondary N) is 2. The largest absolute Gasteiger partial charge is 0.416 e. The first kappa shape index (κ1) is 28.6. The maximum Gasteiger partial charge on any atom is 0.416 e. The highest BCUT2D eigenvalue weighted by Gasteiger charge is 2.44. The molecule has 0 bridgehead atoms. The third-order valence-corrected chi connectivity index (χ3v) is 9.10. The third kappa shape index (κ3) is 5.38. The van der Waals surface area contributed by atoms with Crippen molar-refractivity contribution in [2.45, 2.75) is 24.6 Å². The molecule has 1 saturated heterocycles. The van der Waals surface area contributed by atoms with Crippen molar-refractivity contribution in [1.82, 2.24) is 25.2 Å². The molecular weight excluding hydrogens is 583 g/mol. The minimum absolute atomic E-state index is 0.0134. The summed E-state index contributed by atoms with van der Waals surface area (Å²) < 4.78 is 65.2. The van der Waals surface area contributed by atoms with Gasteiger partial charge in [0.15, 0.2) is 15.5 Å². The van der Waals surface area contributed by atoms with Crippen LogP contribution in [-0.2, 0) is 20.8 Å². The number of aromatic nitrogens is 3. The zero-order valence-electron chi connectivity index (χ0n) is 21.5. The van der Waals surface area contributed by atoms with Crippen molar-refractivity contribution in [3.05, 3.63) is 77.1 Å². The molecule has 2 amide bonds. The van der Waals surface area contributed by atoms with E-state index in [-0.39, 0.29) is 35.6 Å². The molecular formula is C27H23ClF3N5O4S. The molecule has 2 aromatic carbocycles. The summed E-state index contributed by atoms with van der Waals surface area (Å²) in [7, 11) is -1.95. The molecule has 3 heterocycles. The van der Waals surface area contributed by atoms with Crippen molar-refractivity contribution in [1.29, 1.82) is 0 Å². The Morgan fingerprint density at radius 1 is 1.00 bits per heavy atom. The van der Waals surface area contributed by atoms with Gasteiger partial charge in [-0.1, -0.05) is 41.9 Å². The molecule has 14 heteroatoms. The third-order valence-electron chi connectivity index (χ3n) is 7.12. The Balaban J connectivity index is 1.62. The number of benzene rings is 2. The first-order chi connectivity index (χ1) is 19.3.